The van der Waals surface area contributed by atoms with Gasteiger partial charge in [0.25, 0.3) is 0 Å². The molecule has 1 heterocycles. The molecular formula is C16H32N2O3. The second kappa shape index (κ2) is 8.11. The van der Waals surface area contributed by atoms with Gasteiger partial charge in [-0.3, -0.25) is 4.79 Å². The maximum absolute atomic E-state index is 11.6. The van der Waals surface area contributed by atoms with Crippen molar-refractivity contribution in [1.29, 1.82) is 0 Å². The molecule has 5 nitrogen and oxygen atoms in total. The molecule has 21 heavy (non-hydrogen) atoms. The van der Waals surface area contributed by atoms with Gasteiger partial charge in [-0.25, -0.2) is 0 Å². The van der Waals surface area contributed by atoms with Gasteiger partial charge in [0, 0.05) is 13.7 Å². The van der Waals surface area contributed by atoms with Gasteiger partial charge in [-0.05, 0) is 58.7 Å². The van der Waals surface area contributed by atoms with Crippen LogP contribution in [0.5, 0.6) is 0 Å². The highest BCUT2D eigenvalue weighted by Gasteiger charge is 2.36. The Bertz CT molecular complexity index is 337. The van der Waals surface area contributed by atoms with E-state index in [1.54, 1.807) is 7.11 Å². The van der Waals surface area contributed by atoms with Crippen molar-refractivity contribution >= 4 is 5.97 Å². The number of methoxy groups -OCH3 is 1. The quantitative estimate of drug-likeness (QED) is 0.683. The van der Waals surface area contributed by atoms with E-state index in [2.05, 4.69) is 17.1 Å². The number of ether oxygens (including phenoxy) is 1. The molecule has 5 heteroatoms. The molecule has 124 valence electrons. The van der Waals surface area contributed by atoms with Crippen molar-refractivity contribution in [3.05, 3.63) is 0 Å². The van der Waals surface area contributed by atoms with Crippen LogP contribution in [0.25, 0.3) is 0 Å². The first-order valence-corrected chi connectivity index (χ1v) is 8.17. The van der Waals surface area contributed by atoms with E-state index < -0.39 is 11.5 Å². The molecule has 0 aromatic carbocycles. The zero-order valence-corrected chi connectivity index (χ0v) is 14.1. The van der Waals surface area contributed by atoms with Crippen LogP contribution in [0.15, 0.2) is 0 Å². The average molecular weight is 300 g/mol. The van der Waals surface area contributed by atoms with Gasteiger partial charge in [0.15, 0.2) is 0 Å². The maximum Gasteiger partial charge on any atom is 0.323 e. The van der Waals surface area contributed by atoms with Crippen molar-refractivity contribution < 1.29 is 14.6 Å². The molecule has 0 aromatic rings. The van der Waals surface area contributed by atoms with Gasteiger partial charge in [-0.2, -0.15) is 0 Å². The third-order valence-corrected chi connectivity index (χ3v) is 4.84. The molecule has 0 spiro atoms. The summed E-state index contributed by atoms with van der Waals surface area (Å²) in [5, 5.41) is 12.7. The summed E-state index contributed by atoms with van der Waals surface area (Å²) in [5.41, 5.74) is -0.816. The molecule has 2 N–H and O–H groups in total. The van der Waals surface area contributed by atoms with Gasteiger partial charge in [-0.1, -0.05) is 13.8 Å². The van der Waals surface area contributed by atoms with E-state index in [0.717, 1.165) is 38.9 Å². The molecule has 0 bridgehead atoms. The largest absolute Gasteiger partial charge is 0.480 e. The fourth-order valence-electron chi connectivity index (χ4n) is 3.33. The number of piperidine rings is 1. The van der Waals surface area contributed by atoms with E-state index in [0.29, 0.717) is 19.4 Å². The second-order valence-electron chi connectivity index (χ2n) is 6.41. The van der Waals surface area contributed by atoms with E-state index in [-0.39, 0.29) is 5.60 Å². The van der Waals surface area contributed by atoms with Gasteiger partial charge >= 0.3 is 5.97 Å². The monoisotopic (exact) mass is 300 g/mol. The zero-order valence-electron chi connectivity index (χ0n) is 14.1. The molecule has 2 atom stereocenters. The van der Waals surface area contributed by atoms with Crippen molar-refractivity contribution in [2.24, 2.45) is 0 Å². The number of likely N-dealkylation sites (N-methyl/N-ethyl adjacent to an activating group) is 1. The number of nitrogens with one attached hydrogen (secondary N) is 1. The minimum absolute atomic E-state index is 0.0471. The predicted molar refractivity (Wildman–Crippen MR) is 84.7 cm³/mol. The lowest BCUT2D eigenvalue weighted by molar-refractivity contribution is -0.145. The third kappa shape index (κ3) is 4.94. The van der Waals surface area contributed by atoms with Gasteiger partial charge in [-0.15, -0.1) is 0 Å². The Morgan fingerprint density at radius 1 is 1.48 bits per heavy atom. The fourth-order valence-corrected chi connectivity index (χ4v) is 3.33. The summed E-state index contributed by atoms with van der Waals surface area (Å²) in [6.07, 6.45) is 4.44. The van der Waals surface area contributed by atoms with E-state index in [1.807, 2.05) is 13.8 Å². The number of carboxylic acid groups (broad SMARTS) is 1. The Morgan fingerprint density at radius 3 is 2.71 bits per heavy atom. The molecule has 0 aromatic heterocycles. The Morgan fingerprint density at radius 2 is 2.19 bits per heavy atom. The molecule has 1 aliphatic rings. The highest BCUT2D eigenvalue weighted by Crippen LogP contribution is 2.25. The molecule has 1 rings (SSSR count). The first-order valence-electron chi connectivity index (χ1n) is 8.17. The molecule has 2 unspecified atom stereocenters. The van der Waals surface area contributed by atoms with E-state index in [9.17, 15) is 9.90 Å². The first-order chi connectivity index (χ1) is 9.91. The predicted octanol–water partition coefficient (Wildman–Crippen LogP) is 2.11. The molecule has 1 saturated heterocycles. The smallest absolute Gasteiger partial charge is 0.323 e. The summed E-state index contributed by atoms with van der Waals surface area (Å²) in [4.78, 5) is 14.0. The Balaban J connectivity index is 2.49. The summed E-state index contributed by atoms with van der Waals surface area (Å²) in [6.45, 7) is 9.72. The van der Waals surface area contributed by atoms with E-state index >= 15 is 0 Å². The van der Waals surface area contributed by atoms with Gasteiger partial charge in [0.1, 0.15) is 5.54 Å². The lowest BCUT2D eigenvalue weighted by atomic mass is 9.89. The summed E-state index contributed by atoms with van der Waals surface area (Å²) < 4.78 is 5.61. The molecule has 0 saturated carbocycles. The van der Waals surface area contributed by atoms with Crippen molar-refractivity contribution in [3.8, 4) is 0 Å². The van der Waals surface area contributed by atoms with Crippen LogP contribution < -0.4 is 5.32 Å². The Labute approximate surface area is 129 Å². The van der Waals surface area contributed by atoms with Crippen LogP contribution >= 0.6 is 0 Å². The van der Waals surface area contributed by atoms with Crippen LogP contribution in [0.2, 0.25) is 0 Å². The topological polar surface area (TPSA) is 61.8 Å². The maximum atomic E-state index is 11.6. The van der Waals surface area contributed by atoms with Crippen LogP contribution in [0, 0.1) is 0 Å². The summed E-state index contributed by atoms with van der Waals surface area (Å²) >= 11 is 0. The Hall–Kier alpha value is -0.650. The minimum atomic E-state index is -0.769. The van der Waals surface area contributed by atoms with Crippen LogP contribution in [0.4, 0.5) is 0 Å². The normalized spacial score (nSPS) is 26.5. The highest BCUT2D eigenvalue weighted by atomic mass is 16.5. The van der Waals surface area contributed by atoms with Gasteiger partial charge in [0.05, 0.1) is 5.60 Å². The first kappa shape index (κ1) is 18.4. The number of nitrogens with zero attached hydrogens (tertiary/aromatic N) is 1. The average Bonchev–Trinajstić information content (AvgIpc) is 2.46. The number of carboxylic acids is 1. The number of rotatable bonds is 9. The number of hydrogen-bond acceptors (Lipinski definition) is 4. The van der Waals surface area contributed by atoms with Gasteiger partial charge < -0.3 is 20.1 Å². The SMILES string of the molecule is CCNC(CC)(CCCN1CCCC(C)(OC)C1)C(=O)O. The van der Waals surface area contributed by atoms with Crippen molar-refractivity contribution in [3.63, 3.8) is 0 Å². The number of hydrogen-bond donors (Lipinski definition) is 2. The van der Waals surface area contributed by atoms with Crippen LogP contribution in [-0.2, 0) is 9.53 Å². The number of aliphatic carboxylic acids is 1. The van der Waals surface area contributed by atoms with Crippen LogP contribution in [0.3, 0.4) is 0 Å². The molecule has 1 fully saturated rings. The lowest BCUT2D eigenvalue weighted by Gasteiger charge is -2.40. The molecular weight excluding hydrogens is 268 g/mol. The number of carbonyl (C=O) groups is 1. The van der Waals surface area contributed by atoms with Crippen molar-refractivity contribution in [2.45, 2.75) is 64.0 Å². The minimum Gasteiger partial charge on any atom is -0.480 e. The van der Waals surface area contributed by atoms with E-state index in [4.69, 9.17) is 4.74 Å². The Kier molecular flexibility index (Phi) is 7.10. The zero-order chi connectivity index (χ0) is 15.9. The lowest BCUT2D eigenvalue weighted by Crippen LogP contribution is -2.52. The van der Waals surface area contributed by atoms with Crippen LogP contribution in [0.1, 0.15) is 52.9 Å². The van der Waals surface area contributed by atoms with E-state index in [1.165, 1.54) is 0 Å². The highest BCUT2D eigenvalue weighted by molar-refractivity contribution is 5.78. The molecule has 1 aliphatic heterocycles. The van der Waals surface area contributed by atoms with Gasteiger partial charge in [0.2, 0.25) is 0 Å². The molecule has 0 aliphatic carbocycles. The van der Waals surface area contributed by atoms with Crippen molar-refractivity contribution in [1.82, 2.24) is 10.2 Å². The summed E-state index contributed by atoms with van der Waals surface area (Å²) in [5.74, 6) is -0.729. The standard InChI is InChI=1S/C16H32N2O3/c1-5-16(14(19)20,17-6-2)10-8-12-18-11-7-9-15(3,13-18)21-4/h17H,5-13H2,1-4H3,(H,19,20). The molecule has 0 amide bonds. The third-order valence-electron chi connectivity index (χ3n) is 4.84. The number of likely N-dealkylation sites (tertiary alicyclic amines) is 1. The fraction of sp³-hybridized carbons (Fsp3) is 0.938. The molecule has 0 radical (unpaired) electrons. The van der Waals surface area contributed by atoms with Crippen LogP contribution in [-0.4, -0.2) is 60.4 Å². The summed E-state index contributed by atoms with van der Waals surface area (Å²) in [6, 6.07) is 0. The second-order valence-corrected chi connectivity index (χ2v) is 6.41. The van der Waals surface area contributed by atoms with Crippen molar-refractivity contribution in [2.75, 3.05) is 33.3 Å². The summed E-state index contributed by atoms with van der Waals surface area (Å²) in [7, 11) is 1.78.